The van der Waals surface area contributed by atoms with Crippen LogP contribution in [-0.2, 0) is 4.52 Å². The van der Waals surface area contributed by atoms with Gasteiger partial charge in [-0.2, -0.15) is 29.6 Å². The molecule has 0 amide bonds. The van der Waals surface area contributed by atoms with Crippen LogP contribution in [0.4, 0.5) is 4.39 Å². The van der Waals surface area contributed by atoms with Crippen molar-refractivity contribution in [2.45, 2.75) is 36.5 Å². The number of halogens is 1. The van der Waals surface area contributed by atoms with Gasteiger partial charge >= 0.3 is 0 Å². The van der Waals surface area contributed by atoms with Crippen molar-refractivity contribution in [1.82, 2.24) is 5.32 Å². The van der Waals surface area contributed by atoms with Crippen LogP contribution in [0.1, 0.15) is 26.2 Å². The van der Waals surface area contributed by atoms with Crippen molar-refractivity contribution in [2.75, 3.05) is 0 Å². The maximum absolute atomic E-state index is 13.7. The molecule has 2 nitrogen and oxygen atoms in total. The molecular weight excluding hydrogens is 264 g/mol. The number of nitrogens with one attached hydrogen (secondary N) is 1. The lowest BCUT2D eigenvalue weighted by Gasteiger charge is -2.28. The fourth-order valence-electron chi connectivity index (χ4n) is 1.45. The van der Waals surface area contributed by atoms with Crippen LogP contribution in [-0.4, -0.2) is 10.3 Å². The Bertz CT molecular complexity index is 307. The van der Waals surface area contributed by atoms with Crippen LogP contribution < -0.4 is 5.32 Å². The van der Waals surface area contributed by atoms with E-state index < -0.39 is 16.3 Å². The lowest BCUT2D eigenvalue weighted by Crippen LogP contribution is -2.32. The summed E-state index contributed by atoms with van der Waals surface area (Å²) in [6.45, 7) is 2.08. The highest BCUT2D eigenvalue weighted by molar-refractivity contribution is 8.01. The first-order valence-electron chi connectivity index (χ1n) is 5.16. The van der Waals surface area contributed by atoms with Gasteiger partial charge in [-0.05, 0) is 12.5 Å². The quantitative estimate of drug-likeness (QED) is 0.311. The van der Waals surface area contributed by atoms with Gasteiger partial charge in [0.05, 0.1) is 4.08 Å². The summed E-state index contributed by atoms with van der Waals surface area (Å²) in [7, 11) is 2.09. The Kier molecular flexibility index (Phi) is 5.65. The zero-order valence-electron chi connectivity index (χ0n) is 9.11. The van der Waals surface area contributed by atoms with Crippen LogP contribution >= 0.6 is 34.7 Å². The number of unbranched alkanes of at least 4 members (excludes halogenated alkanes) is 1. The summed E-state index contributed by atoms with van der Waals surface area (Å²) >= 11 is 8.82. The zero-order valence-corrected chi connectivity index (χ0v) is 12.1. The van der Waals surface area contributed by atoms with Gasteiger partial charge in [0.2, 0.25) is 0 Å². The van der Waals surface area contributed by atoms with Crippen molar-refractivity contribution in [2.24, 2.45) is 0 Å². The second-order valence-corrected chi connectivity index (χ2v) is 5.86. The van der Waals surface area contributed by atoms with E-state index in [1.165, 1.54) is 0 Å². The SMILES string of the molecule is CCCCC(S)(S)C1=C(F)NC(OP)C=C1. The molecule has 0 fully saturated rings. The summed E-state index contributed by atoms with van der Waals surface area (Å²) in [4.78, 5) is 0. The first kappa shape index (κ1) is 14.4. The average molecular weight is 281 g/mol. The Labute approximate surface area is 109 Å². The largest absolute Gasteiger partial charge is 0.339 e. The van der Waals surface area contributed by atoms with E-state index >= 15 is 0 Å². The standard InChI is InChI=1S/C10H17FNOPS2/c1-2-3-6-10(15,16)7-4-5-8(13-14)12-9(7)11/h4-5,8,12,15-16H,2-3,6,14H2,1H3. The van der Waals surface area contributed by atoms with Crippen molar-refractivity contribution in [3.63, 3.8) is 0 Å². The molecular formula is C10H17FNOPS2. The molecule has 0 saturated heterocycles. The van der Waals surface area contributed by atoms with E-state index in [9.17, 15) is 4.39 Å². The van der Waals surface area contributed by atoms with Crippen molar-refractivity contribution in [1.29, 1.82) is 0 Å². The maximum Gasteiger partial charge on any atom is 0.194 e. The van der Waals surface area contributed by atoms with Crippen LogP contribution in [0.2, 0.25) is 0 Å². The Morgan fingerprint density at radius 1 is 1.62 bits per heavy atom. The number of allylic oxidation sites excluding steroid dienone is 1. The molecule has 0 saturated carbocycles. The van der Waals surface area contributed by atoms with Gasteiger partial charge in [0.1, 0.15) is 0 Å². The summed E-state index contributed by atoms with van der Waals surface area (Å²) in [6.07, 6.45) is 5.68. The van der Waals surface area contributed by atoms with Crippen molar-refractivity contribution in [3.05, 3.63) is 23.7 Å². The van der Waals surface area contributed by atoms with E-state index in [4.69, 9.17) is 4.52 Å². The lowest BCUT2D eigenvalue weighted by molar-refractivity contribution is 0.242. The highest BCUT2D eigenvalue weighted by Gasteiger charge is 2.29. The van der Waals surface area contributed by atoms with E-state index in [2.05, 4.69) is 47.0 Å². The van der Waals surface area contributed by atoms with Crippen LogP contribution in [0.3, 0.4) is 0 Å². The predicted octanol–water partition coefficient (Wildman–Crippen LogP) is 3.21. The van der Waals surface area contributed by atoms with Crippen molar-refractivity contribution in [3.8, 4) is 0 Å². The molecule has 16 heavy (non-hydrogen) atoms. The van der Waals surface area contributed by atoms with Gasteiger partial charge in [0.25, 0.3) is 0 Å². The molecule has 92 valence electrons. The Morgan fingerprint density at radius 3 is 2.81 bits per heavy atom. The van der Waals surface area contributed by atoms with Gasteiger partial charge in [-0.15, -0.1) is 0 Å². The van der Waals surface area contributed by atoms with Crippen LogP contribution in [0.15, 0.2) is 23.7 Å². The van der Waals surface area contributed by atoms with Gasteiger partial charge in [-0.3, -0.25) is 0 Å². The number of thiol groups is 2. The third-order valence-electron chi connectivity index (χ3n) is 2.40. The molecule has 1 aliphatic heterocycles. The second-order valence-electron chi connectivity index (χ2n) is 3.71. The minimum Gasteiger partial charge on any atom is -0.339 e. The van der Waals surface area contributed by atoms with Crippen LogP contribution in [0, 0.1) is 0 Å². The minimum atomic E-state index is -0.741. The maximum atomic E-state index is 13.7. The predicted molar refractivity (Wildman–Crippen MR) is 75.2 cm³/mol. The van der Waals surface area contributed by atoms with E-state index in [1.807, 2.05) is 0 Å². The lowest BCUT2D eigenvalue weighted by atomic mass is 10.0. The van der Waals surface area contributed by atoms with Crippen molar-refractivity contribution >= 4 is 34.7 Å². The summed E-state index contributed by atoms with van der Waals surface area (Å²) in [6, 6.07) is 0. The molecule has 0 aromatic heterocycles. The van der Waals surface area contributed by atoms with E-state index in [0.29, 0.717) is 5.57 Å². The fourth-order valence-corrected chi connectivity index (χ4v) is 2.27. The fraction of sp³-hybridized carbons (Fsp3) is 0.600. The first-order chi connectivity index (χ1) is 7.51. The molecule has 1 aliphatic rings. The summed E-state index contributed by atoms with van der Waals surface area (Å²) in [5.74, 6) is -0.420. The van der Waals surface area contributed by atoms with Crippen LogP contribution in [0.25, 0.3) is 0 Å². The molecule has 6 heteroatoms. The molecule has 0 aromatic rings. The van der Waals surface area contributed by atoms with Gasteiger partial charge < -0.3 is 9.84 Å². The van der Waals surface area contributed by atoms with Gasteiger partial charge in [0.15, 0.2) is 12.2 Å². The zero-order chi connectivity index (χ0) is 12.2. The smallest absolute Gasteiger partial charge is 0.194 e. The molecule has 2 atom stereocenters. The molecule has 1 heterocycles. The van der Waals surface area contributed by atoms with Gasteiger partial charge in [0, 0.05) is 15.0 Å². The Morgan fingerprint density at radius 2 is 2.31 bits per heavy atom. The first-order valence-corrected chi connectivity index (χ1v) is 6.53. The molecule has 1 N–H and O–H groups in total. The molecule has 0 bridgehead atoms. The summed E-state index contributed by atoms with van der Waals surface area (Å²) in [5.41, 5.74) is 0.464. The minimum absolute atomic E-state index is 0.420. The topological polar surface area (TPSA) is 21.3 Å². The number of rotatable bonds is 5. The molecule has 0 aromatic carbocycles. The van der Waals surface area contributed by atoms with E-state index in [1.54, 1.807) is 12.2 Å². The number of dihydropyridines is 1. The Hall–Kier alpha value is 0.300. The molecule has 0 radical (unpaired) electrons. The van der Waals surface area contributed by atoms with E-state index in [0.717, 1.165) is 19.3 Å². The van der Waals surface area contributed by atoms with Crippen LogP contribution in [0.5, 0.6) is 0 Å². The molecule has 0 aliphatic carbocycles. The third kappa shape index (κ3) is 3.66. The molecule has 0 spiro atoms. The summed E-state index contributed by atoms with van der Waals surface area (Å²) in [5, 5.41) is 2.58. The average Bonchev–Trinajstić information content (AvgIpc) is 2.25. The third-order valence-corrected chi connectivity index (χ3v) is 3.62. The summed E-state index contributed by atoms with van der Waals surface area (Å²) < 4.78 is 17.9. The molecule has 1 rings (SSSR count). The number of hydrogen-bond donors (Lipinski definition) is 3. The second kappa shape index (κ2) is 6.29. The normalized spacial score (nSPS) is 21.2. The van der Waals surface area contributed by atoms with E-state index in [-0.39, 0.29) is 0 Å². The Balaban J connectivity index is 2.76. The number of hydrogen-bond acceptors (Lipinski definition) is 4. The highest BCUT2D eigenvalue weighted by atomic mass is 32.2. The molecule has 2 unspecified atom stereocenters. The van der Waals surface area contributed by atoms with Crippen molar-refractivity contribution < 1.29 is 8.91 Å². The highest BCUT2D eigenvalue weighted by Crippen LogP contribution is 2.38. The van der Waals surface area contributed by atoms with Gasteiger partial charge in [-0.25, -0.2) is 0 Å². The van der Waals surface area contributed by atoms with Gasteiger partial charge in [-0.1, -0.05) is 25.8 Å². The monoisotopic (exact) mass is 281 g/mol.